The number of ether oxygens (including phenoxy) is 3. The SMILES string of the molecule is CCN1C[C@]2(OC(=O)c3ccccc3NC(=O)c3ccccc3Br)CC[C@H](OC)[C@]34C1[C@H](CC23)[C@@]1(O)C[C@H](C)C[C@H]2CC4[C@]1(O)[C@H]2OC. The van der Waals surface area contributed by atoms with Gasteiger partial charge in [0, 0.05) is 54.4 Å². The Balaban J connectivity index is 1.21. The number of aliphatic hydroxyl groups is 2. The van der Waals surface area contributed by atoms with Crippen molar-refractivity contribution in [3.8, 4) is 0 Å². The number of carbonyl (C=O) groups is 2. The minimum atomic E-state index is -1.43. The van der Waals surface area contributed by atoms with Crippen LogP contribution in [0.5, 0.6) is 0 Å². The summed E-state index contributed by atoms with van der Waals surface area (Å²) in [5.74, 6) is -1.08. The molecule has 7 bridgehead atoms. The van der Waals surface area contributed by atoms with Crippen molar-refractivity contribution in [2.45, 2.75) is 87.4 Å². The van der Waals surface area contributed by atoms with Crippen molar-refractivity contribution in [2.24, 2.45) is 35.0 Å². The quantitative estimate of drug-likeness (QED) is 0.331. The summed E-state index contributed by atoms with van der Waals surface area (Å²) in [6.45, 7) is 5.61. The van der Waals surface area contributed by atoms with E-state index in [1.54, 1.807) is 56.7 Å². The normalized spacial score (nSPS) is 43.8. The summed E-state index contributed by atoms with van der Waals surface area (Å²) in [6, 6.07) is 14.2. The van der Waals surface area contributed by atoms with Gasteiger partial charge in [-0.25, -0.2) is 4.79 Å². The smallest absolute Gasteiger partial charge is 0.340 e. The van der Waals surface area contributed by atoms with Crippen LogP contribution in [0.15, 0.2) is 53.0 Å². The number of fused-ring (bicyclic) bond motifs is 2. The third kappa shape index (κ3) is 4.07. The number of anilines is 1. The van der Waals surface area contributed by atoms with E-state index >= 15 is 0 Å². The van der Waals surface area contributed by atoms with E-state index in [9.17, 15) is 19.8 Å². The fourth-order valence-electron chi connectivity index (χ4n) is 12.6. The average molecular weight is 724 g/mol. The lowest BCUT2D eigenvalue weighted by atomic mass is 9.43. The molecule has 6 fully saturated rings. The number of hydrogen-bond donors (Lipinski definition) is 3. The molecule has 1 amide bonds. The van der Waals surface area contributed by atoms with Crippen molar-refractivity contribution >= 4 is 33.5 Å². The fourth-order valence-corrected chi connectivity index (χ4v) is 13.1. The molecular weight excluding hydrogens is 676 g/mol. The first-order valence-corrected chi connectivity index (χ1v) is 18.4. The zero-order chi connectivity index (χ0) is 33.8. The second-order valence-electron chi connectivity index (χ2n) is 15.6. The van der Waals surface area contributed by atoms with E-state index < -0.39 is 34.3 Å². The zero-order valence-electron chi connectivity index (χ0n) is 28.2. The fraction of sp³-hybridized carbons (Fsp3) is 0.632. The third-order valence-electron chi connectivity index (χ3n) is 13.8. The minimum Gasteiger partial charge on any atom is -0.454 e. The van der Waals surface area contributed by atoms with E-state index in [1.807, 2.05) is 6.07 Å². The topological polar surface area (TPSA) is 118 Å². The molecule has 1 heterocycles. The lowest BCUT2D eigenvalue weighted by Gasteiger charge is -2.70. The van der Waals surface area contributed by atoms with Gasteiger partial charge >= 0.3 is 5.97 Å². The first-order valence-electron chi connectivity index (χ1n) is 17.6. The molecule has 0 radical (unpaired) electrons. The number of piperidine rings is 1. The van der Waals surface area contributed by atoms with E-state index in [1.165, 1.54) is 0 Å². The van der Waals surface area contributed by atoms with Crippen LogP contribution in [-0.2, 0) is 14.2 Å². The Labute approximate surface area is 290 Å². The van der Waals surface area contributed by atoms with Crippen LogP contribution < -0.4 is 5.32 Å². The molecule has 48 heavy (non-hydrogen) atoms. The van der Waals surface area contributed by atoms with Crippen LogP contribution in [0.3, 0.4) is 0 Å². The number of halogens is 1. The highest BCUT2D eigenvalue weighted by Gasteiger charge is 2.87. The molecule has 6 aliphatic rings. The molecular formula is C38H47BrN2O7. The number of esters is 1. The monoisotopic (exact) mass is 722 g/mol. The molecule has 9 nitrogen and oxygen atoms in total. The molecule has 2 aromatic rings. The number of likely N-dealkylation sites (N-methyl/N-ethyl adjacent to an activating group) is 1. The molecule has 5 aliphatic carbocycles. The zero-order valence-corrected chi connectivity index (χ0v) is 29.7. The van der Waals surface area contributed by atoms with Crippen molar-refractivity contribution in [1.82, 2.24) is 4.90 Å². The molecule has 1 spiro atoms. The highest BCUT2D eigenvalue weighted by Crippen LogP contribution is 2.78. The van der Waals surface area contributed by atoms with Crippen LogP contribution in [0.4, 0.5) is 5.69 Å². The summed E-state index contributed by atoms with van der Waals surface area (Å²) in [4.78, 5) is 30.2. The Morgan fingerprint density at radius 1 is 1.00 bits per heavy atom. The van der Waals surface area contributed by atoms with Gasteiger partial charge in [0.2, 0.25) is 0 Å². The van der Waals surface area contributed by atoms with Crippen LogP contribution in [-0.4, -0.2) is 89.4 Å². The largest absolute Gasteiger partial charge is 0.454 e. The summed E-state index contributed by atoms with van der Waals surface area (Å²) in [5.41, 5.74) is -3.03. The molecule has 10 heteroatoms. The molecule has 1 aliphatic heterocycles. The molecule has 3 unspecified atom stereocenters. The number of carbonyl (C=O) groups excluding carboxylic acids is 2. The molecule has 1 saturated heterocycles. The number of likely N-dealkylation sites (tertiary alicyclic amines) is 1. The molecule has 0 aromatic heterocycles. The predicted molar refractivity (Wildman–Crippen MR) is 182 cm³/mol. The van der Waals surface area contributed by atoms with E-state index in [-0.39, 0.29) is 47.6 Å². The number of rotatable bonds is 7. The maximum atomic E-state index is 14.5. The minimum absolute atomic E-state index is 0.0164. The Morgan fingerprint density at radius 2 is 1.73 bits per heavy atom. The molecule has 5 saturated carbocycles. The highest BCUT2D eigenvalue weighted by molar-refractivity contribution is 9.10. The third-order valence-corrected chi connectivity index (χ3v) is 14.5. The van der Waals surface area contributed by atoms with Gasteiger partial charge in [0.25, 0.3) is 5.91 Å². The Kier molecular flexibility index (Phi) is 7.76. The maximum absolute atomic E-state index is 14.5. The molecule has 3 N–H and O–H groups in total. The van der Waals surface area contributed by atoms with Gasteiger partial charge in [0.05, 0.1) is 29.0 Å². The number of amides is 1. The number of nitrogens with zero attached hydrogens (tertiary/aromatic N) is 1. The van der Waals surface area contributed by atoms with Crippen molar-refractivity contribution in [3.63, 3.8) is 0 Å². The molecule has 8 rings (SSSR count). The Hall–Kier alpha value is -2.34. The number of hydrogen-bond acceptors (Lipinski definition) is 8. The van der Waals surface area contributed by atoms with Gasteiger partial charge in [-0.05, 0) is 97.1 Å². The maximum Gasteiger partial charge on any atom is 0.340 e. The lowest BCUT2D eigenvalue weighted by molar-refractivity contribution is -0.327. The van der Waals surface area contributed by atoms with E-state index in [0.29, 0.717) is 53.5 Å². The lowest BCUT2D eigenvalue weighted by Crippen LogP contribution is -2.82. The standard InChI is InChI=1S/C38H47BrN2O7/c1-5-41-20-35(48-34(43)24-11-7-9-13-27(24)40-33(42)23-10-6-8-12-26(23)39)15-14-30(46-3)37-28(35)18-25(31(37)41)36(44)19-21(2)16-22-17-29(37)38(36,45)32(22)47-4/h6-13,21-22,25,28-32,44-45H,5,14-20H2,1-4H3,(H,40,42)/t21-,22+,25+,28?,29?,30+,31?,32+,35-,36+,37+,38+/m1/s1. The van der Waals surface area contributed by atoms with Crippen LogP contribution in [0.1, 0.15) is 73.1 Å². The van der Waals surface area contributed by atoms with E-state index in [2.05, 4.69) is 40.0 Å². The van der Waals surface area contributed by atoms with Gasteiger partial charge in [-0.2, -0.15) is 0 Å². The molecule has 12 atom stereocenters. The van der Waals surface area contributed by atoms with Crippen LogP contribution in [0.25, 0.3) is 0 Å². The summed E-state index contributed by atoms with van der Waals surface area (Å²) in [5, 5.41) is 29.1. The summed E-state index contributed by atoms with van der Waals surface area (Å²) in [6.07, 6.45) is 3.46. The molecule has 258 valence electrons. The Morgan fingerprint density at radius 3 is 2.44 bits per heavy atom. The number of benzene rings is 2. The van der Waals surface area contributed by atoms with Gasteiger partial charge in [-0.1, -0.05) is 38.1 Å². The van der Waals surface area contributed by atoms with Gasteiger partial charge in [0.15, 0.2) is 0 Å². The first-order chi connectivity index (χ1) is 23.0. The highest BCUT2D eigenvalue weighted by atomic mass is 79.9. The van der Waals surface area contributed by atoms with Crippen molar-refractivity contribution < 1.29 is 34.0 Å². The summed E-state index contributed by atoms with van der Waals surface area (Å²) in [7, 11) is 3.45. The van der Waals surface area contributed by atoms with E-state index in [4.69, 9.17) is 14.2 Å². The second kappa shape index (κ2) is 11.3. The number of para-hydroxylation sites is 1. The second-order valence-corrected chi connectivity index (χ2v) is 16.5. The van der Waals surface area contributed by atoms with Gasteiger partial charge in [0.1, 0.15) is 16.8 Å². The average Bonchev–Trinajstić information content (AvgIpc) is 3.47. The predicted octanol–water partition coefficient (Wildman–Crippen LogP) is 5.29. The van der Waals surface area contributed by atoms with Gasteiger partial charge in [-0.3, -0.25) is 9.69 Å². The summed E-state index contributed by atoms with van der Waals surface area (Å²) < 4.78 is 20.1. The first kappa shape index (κ1) is 32.8. The number of methoxy groups -OCH3 is 2. The summed E-state index contributed by atoms with van der Waals surface area (Å²) >= 11 is 3.46. The van der Waals surface area contributed by atoms with Crippen LogP contribution in [0, 0.1) is 35.0 Å². The number of nitrogens with one attached hydrogen (secondary N) is 1. The van der Waals surface area contributed by atoms with Crippen LogP contribution in [0.2, 0.25) is 0 Å². The molecule has 2 aromatic carbocycles. The van der Waals surface area contributed by atoms with Gasteiger partial charge in [-0.15, -0.1) is 0 Å². The van der Waals surface area contributed by atoms with Gasteiger partial charge < -0.3 is 29.7 Å². The van der Waals surface area contributed by atoms with Crippen molar-refractivity contribution in [3.05, 3.63) is 64.1 Å². The van der Waals surface area contributed by atoms with Crippen LogP contribution >= 0.6 is 15.9 Å². The van der Waals surface area contributed by atoms with Crippen molar-refractivity contribution in [2.75, 3.05) is 32.6 Å². The Bertz CT molecular complexity index is 1640. The van der Waals surface area contributed by atoms with E-state index in [0.717, 1.165) is 19.4 Å². The van der Waals surface area contributed by atoms with Crippen molar-refractivity contribution in [1.29, 1.82) is 0 Å².